The minimum absolute atomic E-state index is 0.151. The van der Waals surface area contributed by atoms with Crippen molar-refractivity contribution in [2.45, 2.75) is 25.6 Å². The Morgan fingerprint density at radius 1 is 1.03 bits per heavy atom. The van der Waals surface area contributed by atoms with Crippen molar-refractivity contribution in [2.24, 2.45) is 0 Å². The van der Waals surface area contributed by atoms with Gasteiger partial charge in [0.15, 0.2) is 5.78 Å². The van der Waals surface area contributed by atoms with Crippen LogP contribution in [0.15, 0.2) is 48.5 Å². The highest BCUT2D eigenvalue weighted by atomic mass is 16.5. The average Bonchev–Trinajstić information content (AvgIpc) is 2.77. The third-order valence-corrected chi connectivity index (χ3v) is 5.84. The summed E-state index contributed by atoms with van der Waals surface area (Å²) in [6.45, 7) is 7.48. The number of morpholine rings is 2. The van der Waals surface area contributed by atoms with E-state index in [9.17, 15) is 4.79 Å². The molecule has 2 saturated heterocycles. The summed E-state index contributed by atoms with van der Waals surface area (Å²) in [7, 11) is 0. The molecule has 0 amide bonds. The van der Waals surface area contributed by atoms with Crippen molar-refractivity contribution in [1.29, 1.82) is 5.26 Å². The van der Waals surface area contributed by atoms with E-state index in [1.807, 2.05) is 43.3 Å². The van der Waals surface area contributed by atoms with Crippen molar-refractivity contribution in [1.82, 2.24) is 9.80 Å². The van der Waals surface area contributed by atoms with Crippen LogP contribution in [0.1, 0.15) is 27.9 Å². The molecule has 2 fully saturated rings. The lowest BCUT2D eigenvalue weighted by Gasteiger charge is -2.45. The topological polar surface area (TPSA) is 65.8 Å². The monoisotopic (exact) mass is 419 g/mol. The Balaban J connectivity index is 1.19. The second-order valence-electron chi connectivity index (χ2n) is 8.46. The lowest BCUT2D eigenvalue weighted by Crippen LogP contribution is -2.60. The van der Waals surface area contributed by atoms with E-state index >= 15 is 0 Å². The van der Waals surface area contributed by atoms with E-state index in [2.05, 4.69) is 15.9 Å². The lowest BCUT2D eigenvalue weighted by atomic mass is 10.1. The minimum atomic E-state index is 0.151. The Kier molecular flexibility index (Phi) is 6.98. The van der Waals surface area contributed by atoms with Crippen LogP contribution in [0.25, 0.3) is 0 Å². The number of ether oxygens (including phenoxy) is 2. The summed E-state index contributed by atoms with van der Waals surface area (Å²) in [6, 6.07) is 17.1. The van der Waals surface area contributed by atoms with Crippen LogP contribution in [0.2, 0.25) is 0 Å². The van der Waals surface area contributed by atoms with Gasteiger partial charge in [0.05, 0.1) is 37.0 Å². The van der Waals surface area contributed by atoms with Crippen molar-refractivity contribution in [3.63, 3.8) is 0 Å². The quantitative estimate of drug-likeness (QED) is 0.484. The second kappa shape index (κ2) is 10.1. The van der Waals surface area contributed by atoms with Gasteiger partial charge in [0.1, 0.15) is 5.75 Å². The molecule has 4 rings (SSSR count). The van der Waals surface area contributed by atoms with Crippen LogP contribution in [0.5, 0.6) is 5.75 Å². The molecule has 0 spiro atoms. The summed E-state index contributed by atoms with van der Waals surface area (Å²) in [6.07, 6.45) is 1.24. The molecular weight excluding hydrogens is 390 g/mol. The van der Waals surface area contributed by atoms with Gasteiger partial charge in [-0.15, -0.1) is 0 Å². The summed E-state index contributed by atoms with van der Waals surface area (Å²) in [5.41, 5.74) is 2.59. The number of carbonyl (C=O) groups excluding carboxylic acids is 1. The van der Waals surface area contributed by atoms with Gasteiger partial charge in [-0.1, -0.05) is 29.8 Å². The lowest BCUT2D eigenvalue weighted by molar-refractivity contribution is -0.136. The second-order valence-corrected chi connectivity index (χ2v) is 8.46. The van der Waals surface area contributed by atoms with E-state index in [0.29, 0.717) is 18.7 Å². The molecule has 0 radical (unpaired) electrons. The van der Waals surface area contributed by atoms with Crippen LogP contribution in [0, 0.1) is 18.3 Å². The minimum Gasteiger partial charge on any atom is -0.494 e. The van der Waals surface area contributed by atoms with Crippen LogP contribution in [-0.4, -0.2) is 73.7 Å². The molecule has 2 unspecified atom stereocenters. The first-order valence-electron chi connectivity index (χ1n) is 10.9. The number of benzene rings is 2. The molecular formula is C25H29N3O3. The molecule has 6 heteroatoms. The van der Waals surface area contributed by atoms with E-state index in [-0.39, 0.29) is 18.0 Å². The fourth-order valence-electron chi connectivity index (χ4n) is 4.31. The van der Waals surface area contributed by atoms with Gasteiger partial charge in [-0.05, 0) is 37.6 Å². The van der Waals surface area contributed by atoms with Gasteiger partial charge >= 0.3 is 0 Å². The standard InChI is InChI=1S/C25H29N3O3/c1-19-3-7-21(8-4-19)25(29)18-28-16-23-14-27(15-24(17-28)31-23)11-2-12-30-22-9-5-20(13-26)6-10-22/h3-10,23-24H,2,11-12,14-18H2,1H3. The first-order valence-corrected chi connectivity index (χ1v) is 10.9. The number of fused-ring (bicyclic) bond motifs is 2. The maximum absolute atomic E-state index is 12.6. The fourth-order valence-corrected chi connectivity index (χ4v) is 4.31. The van der Waals surface area contributed by atoms with Crippen LogP contribution in [0.3, 0.4) is 0 Å². The van der Waals surface area contributed by atoms with Gasteiger partial charge in [-0.2, -0.15) is 5.26 Å². The zero-order valence-electron chi connectivity index (χ0n) is 18.0. The Bertz CT molecular complexity index is 907. The Morgan fingerprint density at radius 3 is 2.32 bits per heavy atom. The third kappa shape index (κ3) is 5.92. The maximum Gasteiger partial charge on any atom is 0.176 e. The summed E-state index contributed by atoms with van der Waals surface area (Å²) >= 11 is 0. The largest absolute Gasteiger partial charge is 0.494 e. The predicted molar refractivity (Wildman–Crippen MR) is 118 cm³/mol. The van der Waals surface area contributed by atoms with Crippen LogP contribution in [-0.2, 0) is 4.74 Å². The first-order chi connectivity index (χ1) is 15.1. The molecule has 0 aromatic heterocycles. The number of nitrogens with zero attached hydrogens (tertiary/aromatic N) is 3. The number of hydrogen-bond donors (Lipinski definition) is 0. The molecule has 0 aliphatic carbocycles. The predicted octanol–water partition coefficient (Wildman–Crippen LogP) is 2.90. The van der Waals surface area contributed by atoms with E-state index in [0.717, 1.165) is 50.5 Å². The average molecular weight is 420 g/mol. The van der Waals surface area contributed by atoms with E-state index in [1.54, 1.807) is 12.1 Å². The van der Waals surface area contributed by atoms with E-state index in [4.69, 9.17) is 14.7 Å². The Labute approximate surface area is 184 Å². The van der Waals surface area contributed by atoms with Gasteiger partial charge in [0, 0.05) is 38.3 Å². The third-order valence-electron chi connectivity index (χ3n) is 5.84. The molecule has 2 aromatic rings. The normalized spacial score (nSPS) is 21.4. The van der Waals surface area contributed by atoms with E-state index < -0.39 is 0 Å². The first kappa shape index (κ1) is 21.5. The van der Waals surface area contributed by atoms with Gasteiger partial charge in [-0.3, -0.25) is 14.6 Å². The van der Waals surface area contributed by atoms with Crippen molar-refractivity contribution >= 4 is 5.78 Å². The van der Waals surface area contributed by atoms with Crippen molar-refractivity contribution < 1.29 is 14.3 Å². The van der Waals surface area contributed by atoms with Crippen molar-refractivity contribution in [3.8, 4) is 11.8 Å². The van der Waals surface area contributed by atoms with E-state index in [1.165, 1.54) is 5.56 Å². The fraction of sp³-hybridized carbons (Fsp3) is 0.440. The number of nitriles is 1. The highest BCUT2D eigenvalue weighted by molar-refractivity contribution is 5.97. The molecule has 2 atom stereocenters. The molecule has 2 aliphatic rings. The molecule has 2 aliphatic heterocycles. The van der Waals surface area contributed by atoms with Crippen LogP contribution >= 0.6 is 0 Å². The smallest absolute Gasteiger partial charge is 0.176 e. The molecule has 162 valence electrons. The zero-order chi connectivity index (χ0) is 21.6. The number of rotatable bonds is 8. The number of aryl methyl sites for hydroxylation is 1. The SMILES string of the molecule is Cc1ccc(C(=O)CN2CC3CN(CCCOc4ccc(C#N)cc4)CC(C2)O3)cc1. The molecule has 6 nitrogen and oxygen atoms in total. The zero-order valence-corrected chi connectivity index (χ0v) is 18.0. The molecule has 2 bridgehead atoms. The summed E-state index contributed by atoms with van der Waals surface area (Å²) in [5, 5.41) is 8.85. The van der Waals surface area contributed by atoms with Gasteiger partial charge < -0.3 is 9.47 Å². The molecule has 31 heavy (non-hydrogen) atoms. The Morgan fingerprint density at radius 2 is 1.68 bits per heavy atom. The molecule has 2 aromatic carbocycles. The molecule has 0 N–H and O–H groups in total. The summed E-state index contributed by atoms with van der Waals surface area (Å²) in [4.78, 5) is 17.3. The Hall–Kier alpha value is -2.72. The molecule has 0 saturated carbocycles. The van der Waals surface area contributed by atoms with Crippen LogP contribution < -0.4 is 4.74 Å². The van der Waals surface area contributed by atoms with Gasteiger partial charge in [0.2, 0.25) is 0 Å². The molecule has 2 heterocycles. The number of Topliss-reactive ketones (excluding diaryl/α,β-unsaturated/α-hetero) is 1. The van der Waals surface area contributed by atoms with Crippen molar-refractivity contribution in [2.75, 3.05) is 45.9 Å². The van der Waals surface area contributed by atoms with Gasteiger partial charge in [0.25, 0.3) is 0 Å². The highest BCUT2D eigenvalue weighted by Gasteiger charge is 2.35. The van der Waals surface area contributed by atoms with Crippen LogP contribution in [0.4, 0.5) is 0 Å². The van der Waals surface area contributed by atoms with Crippen molar-refractivity contribution in [3.05, 3.63) is 65.2 Å². The number of carbonyl (C=O) groups is 1. The summed E-state index contributed by atoms with van der Waals surface area (Å²) < 4.78 is 11.9. The highest BCUT2D eigenvalue weighted by Crippen LogP contribution is 2.20. The summed E-state index contributed by atoms with van der Waals surface area (Å²) in [5.74, 6) is 0.975. The van der Waals surface area contributed by atoms with Gasteiger partial charge in [-0.25, -0.2) is 0 Å². The number of ketones is 1. The maximum atomic E-state index is 12.6. The number of hydrogen-bond acceptors (Lipinski definition) is 6.